The molecule has 0 unspecified atom stereocenters. The molecule has 2 aliphatic rings. The van der Waals surface area contributed by atoms with Crippen molar-refractivity contribution in [2.45, 2.75) is 44.7 Å². The van der Waals surface area contributed by atoms with Gasteiger partial charge in [-0.25, -0.2) is 8.42 Å². The van der Waals surface area contributed by atoms with E-state index < -0.39 is 9.84 Å². The number of piperidine rings is 1. The van der Waals surface area contributed by atoms with E-state index in [1.165, 1.54) is 12.1 Å². The Hall–Kier alpha value is -1.67. The fraction of sp³-hybridized carbons (Fsp3) is 0.647. The van der Waals surface area contributed by atoms with Crippen LogP contribution < -0.4 is 10.7 Å². The van der Waals surface area contributed by atoms with Crippen LogP contribution in [0.4, 0.5) is 0 Å². The van der Waals surface area contributed by atoms with Crippen molar-refractivity contribution in [1.82, 2.24) is 10.2 Å². The molecule has 8 heteroatoms. The minimum absolute atomic E-state index is 0.0434. The molecule has 2 fully saturated rings. The molecule has 0 radical (unpaired) electrons. The summed E-state index contributed by atoms with van der Waals surface area (Å²) in [6, 6.07) is 2.93. The first-order chi connectivity index (χ1) is 11.8. The standard InChI is InChI=1S/C17H24N2O5S/c1-12-10-15(20)11-16(24-12)17(21)18-13-2-6-19(7-3-13)14-4-8-25(22,23)9-5-14/h10-11,13-14H,2-9H2,1H3,(H,18,21). The van der Waals surface area contributed by atoms with Crippen LogP contribution in [0, 0.1) is 6.92 Å². The first kappa shape index (κ1) is 18.1. The highest BCUT2D eigenvalue weighted by Gasteiger charge is 2.31. The van der Waals surface area contributed by atoms with Gasteiger partial charge < -0.3 is 14.6 Å². The molecule has 1 N–H and O–H groups in total. The summed E-state index contributed by atoms with van der Waals surface area (Å²) in [5.41, 5.74) is -0.240. The molecule has 2 saturated heterocycles. The molecular weight excluding hydrogens is 344 g/mol. The predicted molar refractivity (Wildman–Crippen MR) is 93.5 cm³/mol. The SMILES string of the molecule is Cc1cc(=O)cc(C(=O)NC2CCN(C3CCS(=O)(=O)CC3)CC2)o1. The maximum absolute atomic E-state index is 12.2. The normalized spacial score (nSPS) is 22.6. The van der Waals surface area contributed by atoms with Gasteiger partial charge in [-0.1, -0.05) is 0 Å². The van der Waals surface area contributed by atoms with Gasteiger partial charge in [0.05, 0.1) is 11.5 Å². The Morgan fingerprint density at radius 2 is 1.80 bits per heavy atom. The number of hydrogen-bond donors (Lipinski definition) is 1. The second-order valence-electron chi connectivity index (χ2n) is 6.93. The average Bonchev–Trinajstić information content (AvgIpc) is 2.55. The van der Waals surface area contributed by atoms with Crippen LogP contribution in [0.1, 0.15) is 42.0 Å². The lowest BCUT2D eigenvalue weighted by Crippen LogP contribution is -2.49. The van der Waals surface area contributed by atoms with Crippen molar-refractivity contribution in [3.63, 3.8) is 0 Å². The van der Waals surface area contributed by atoms with E-state index in [2.05, 4.69) is 10.2 Å². The summed E-state index contributed by atoms with van der Waals surface area (Å²) in [6.07, 6.45) is 3.03. The number of nitrogens with one attached hydrogen (secondary N) is 1. The molecule has 0 bridgehead atoms. The lowest BCUT2D eigenvalue weighted by atomic mass is 10.0. The third-order valence-electron chi connectivity index (χ3n) is 5.02. The maximum atomic E-state index is 12.2. The van der Waals surface area contributed by atoms with E-state index in [4.69, 9.17) is 4.42 Å². The Labute approximate surface area is 147 Å². The number of rotatable bonds is 3. The minimum atomic E-state index is -2.84. The summed E-state index contributed by atoms with van der Waals surface area (Å²) >= 11 is 0. The lowest BCUT2D eigenvalue weighted by Gasteiger charge is -2.39. The monoisotopic (exact) mass is 368 g/mol. The van der Waals surface area contributed by atoms with E-state index >= 15 is 0 Å². The molecule has 1 aromatic heterocycles. The van der Waals surface area contributed by atoms with E-state index in [0.717, 1.165) is 25.9 Å². The third-order valence-corrected chi connectivity index (χ3v) is 6.73. The van der Waals surface area contributed by atoms with E-state index in [0.29, 0.717) is 24.6 Å². The van der Waals surface area contributed by atoms with Crippen molar-refractivity contribution in [3.8, 4) is 0 Å². The third kappa shape index (κ3) is 4.70. The smallest absolute Gasteiger partial charge is 0.287 e. The molecule has 0 aromatic carbocycles. The molecule has 1 amide bonds. The maximum Gasteiger partial charge on any atom is 0.287 e. The minimum Gasteiger partial charge on any atom is -0.456 e. The van der Waals surface area contributed by atoms with Crippen LogP contribution in [0.5, 0.6) is 0 Å². The summed E-state index contributed by atoms with van der Waals surface area (Å²) < 4.78 is 28.4. The van der Waals surface area contributed by atoms with Gasteiger partial charge in [-0.3, -0.25) is 9.59 Å². The van der Waals surface area contributed by atoms with E-state index in [9.17, 15) is 18.0 Å². The number of sulfone groups is 1. The van der Waals surface area contributed by atoms with E-state index in [1.54, 1.807) is 6.92 Å². The van der Waals surface area contributed by atoms with Gasteiger partial charge in [0, 0.05) is 37.3 Å². The summed E-state index contributed by atoms with van der Waals surface area (Å²) in [6.45, 7) is 3.32. The molecule has 1 aromatic rings. The zero-order valence-electron chi connectivity index (χ0n) is 14.4. The summed E-state index contributed by atoms with van der Waals surface area (Å²) in [4.78, 5) is 26.1. The van der Waals surface area contributed by atoms with Gasteiger partial charge in [0.2, 0.25) is 0 Å². The Kier molecular flexibility index (Phi) is 5.29. The predicted octanol–water partition coefficient (Wildman–Crippen LogP) is 0.720. The summed E-state index contributed by atoms with van der Waals surface area (Å²) in [5.74, 6) is 0.661. The molecule has 0 spiro atoms. The van der Waals surface area contributed by atoms with Crippen molar-refractivity contribution in [2.24, 2.45) is 0 Å². The van der Waals surface area contributed by atoms with Crippen LogP contribution in [-0.4, -0.2) is 55.9 Å². The first-order valence-corrected chi connectivity index (χ1v) is 10.5. The van der Waals surface area contributed by atoms with Crippen LogP contribution >= 0.6 is 0 Å². The van der Waals surface area contributed by atoms with Crippen LogP contribution in [0.3, 0.4) is 0 Å². The van der Waals surface area contributed by atoms with Gasteiger partial charge in [-0.2, -0.15) is 0 Å². The molecule has 0 aliphatic carbocycles. The average molecular weight is 368 g/mol. The Morgan fingerprint density at radius 1 is 1.16 bits per heavy atom. The molecular formula is C17H24N2O5S. The number of aryl methyl sites for hydroxylation is 1. The Bertz CT molecular complexity index is 780. The topological polar surface area (TPSA) is 96.7 Å². The number of carbonyl (C=O) groups is 1. The van der Waals surface area contributed by atoms with Gasteiger partial charge in [-0.05, 0) is 32.6 Å². The highest BCUT2D eigenvalue weighted by atomic mass is 32.2. The van der Waals surface area contributed by atoms with Gasteiger partial charge in [0.1, 0.15) is 15.6 Å². The summed E-state index contributed by atoms with van der Waals surface area (Å²) in [7, 11) is -2.84. The van der Waals surface area contributed by atoms with Crippen molar-refractivity contribution in [1.29, 1.82) is 0 Å². The molecule has 3 heterocycles. The van der Waals surface area contributed by atoms with Crippen LogP contribution in [0.2, 0.25) is 0 Å². The number of carbonyl (C=O) groups excluding carboxylic acids is 1. The molecule has 0 atom stereocenters. The lowest BCUT2D eigenvalue weighted by molar-refractivity contribution is 0.0855. The van der Waals surface area contributed by atoms with Gasteiger partial charge >= 0.3 is 0 Å². The summed E-state index contributed by atoms with van der Waals surface area (Å²) in [5, 5.41) is 2.93. The molecule has 2 aliphatic heterocycles. The van der Waals surface area contributed by atoms with E-state index in [1.807, 2.05) is 0 Å². The van der Waals surface area contributed by atoms with E-state index in [-0.39, 0.29) is 34.6 Å². The van der Waals surface area contributed by atoms with Gasteiger partial charge in [-0.15, -0.1) is 0 Å². The molecule has 3 rings (SSSR count). The Balaban J connectivity index is 1.51. The highest BCUT2D eigenvalue weighted by Crippen LogP contribution is 2.22. The van der Waals surface area contributed by atoms with Crippen molar-refractivity contribution in [3.05, 3.63) is 33.9 Å². The van der Waals surface area contributed by atoms with Crippen molar-refractivity contribution in [2.75, 3.05) is 24.6 Å². The van der Waals surface area contributed by atoms with Crippen molar-refractivity contribution >= 4 is 15.7 Å². The van der Waals surface area contributed by atoms with Gasteiger partial charge in [0.15, 0.2) is 11.2 Å². The number of nitrogens with zero attached hydrogens (tertiary/aromatic N) is 1. The molecule has 7 nitrogen and oxygen atoms in total. The molecule has 25 heavy (non-hydrogen) atoms. The second-order valence-corrected chi connectivity index (χ2v) is 9.24. The van der Waals surface area contributed by atoms with Crippen LogP contribution in [-0.2, 0) is 9.84 Å². The van der Waals surface area contributed by atoms with Crippen LogP contribution in [0.15, 0.2) is 21.3 Å². The fourth-order valence-electron chi connectivity index (χ4n) is 3.62. The second kappa shape index (κ2) is 7.29. The number of amides is 1. The zero-order valence-corrected chi connectivity index (χ0v) is 15.2. The number of hydrogen-bond acceptors (Lipinski definition) is 6. The molecule has 138 valence electrons. The largest absolute Gasteiger partial charge is 0.456 e. The highest BCUT2D eigenvalue weighted by molar-refractivity contribution is 7.91. The zero-order chi connectivity index (χ0) is 18.0. The van der Waals surface area contributed by atoms with Gasteiger partial charge in [0.25, 0.3) is 5.91 Å². The molecule has 0 saturated carbocycles. The van der Waals surface area contributed by atoms with Crippen LogP contribution in [0.25, 0.3) is 0 Å². The fourth-order valence-corrected chi connectivity index (χ4v) is 5.09. The quantitative estimate of drug-likeness (QED) is 0.844. The number of likely N-dealkylation sites (tertiary alicyclic amines) is 1. The first-order valence-electron chi connectivity index (χ1n) is 8.69. The van der Waals surface area contributed by atoms with Crippen molar-refractivity contribution < 1.29 is 17.6 Å². The Morgan fingerprint density at radius 3 is 2.40 bits per heavy atom.